The van der Waals surface area contributed by atoms with Gasteiger partial charge in [0.2, 0.25) is 11.8 Å². The Morgan fingerprint density at radius 2 is 1.94 bits per heavy atom. The Hall–Kier alpha value is -1.63. The first kappa shape index (κ1) is 14.4. The summed E-state index contributed by atoms with van der Waals surface area (Å²) < 4.78 is 5.16. The molecule has 7 nitrogen and oxygen atoms in total. The van der Waals surface area contributed by atoms with Gasteiger partial charge in [-0.3, -0.25) is 9.59 Å². The summed E-state index contributed by atoms with van der Waals surface area (Å²) in [4.78, 5) is 34.3. The molecule has 2 N–H and O–H groups in total. The topological polar surface area (TPSA) is 95.9 Å². The molecule has 1 rings (SSSR count). The molecule has 0 saturated carbocycles. The van der Waals surface area contributed by atoms with E-state index in [0.29, 0.717) is 25.9 Å². The fourth-order valence-electron chi connectivity index (χ4n) is 1.77. The molecule has 0 spiro atoms. The molecule has 0 aromatic carbocycles. The van der Waals surface area contributed by atoms with Gasteiger partial charge in [0.05, 0.1) is 12.6 Å². The molecule has 1 aliphatic rings. The molecule has 0 unspecified atom stereocenters. The highest BCUT2D eigenvalue weighted by Gasteiger charge is 2.23. The van der Waals surface area contributed by atoms with Crippen LogP contribution >= 0.6 is 0 Å². The third-order valence-corrected chi connectivity index (χ3v) is 2.73. The number of carbonyl (C=O) groups excluding carboxylic acids is 2. The number of hydrogen-bond donors (Lipinski definition) is 2. The maximum atomic E-state index is 11.7. The van der Waals surface area contributed by atoms with Crippen LogP contribution in [0.4, 0.5) is 0 Å². The van der Waals surface area contributed by atoms with E-state index in [1.165, 1.54) is 6.92 Å². The molecule has 0 aromatic rings. The van der Waals surface area contributed by atoms with Gasteiger partial charge in [-0.25, -0.2) is 4.79 Å². The highest BCUT2D eigenvalue weighted by Crippen LogP contribution is 2.13. The first-order valence-corrected chi connectivity index (χ1v) is 5.84. The highest BCUT2D eigenvalue weighted by atomic mass is 16.5. The zero-order chi connectivity index (χ0) is 13.5. The molecule has 102 valence electrons. The number of amides is 2. The van der Waals surface area contributed by atoms with Crippen LogP contribution in [0.15, 0.2) is 0 Å². The quantitative estimate of drug-likeness (QED) is 0.674. The summed E-state index contributed by atoms with van der Waals surface area (Å²) in [6.07, 6.45) is 1.14. The molecular formula is C11H18N2O5. The van der Waals surface area contributed by atoms with Crippen molar-refractivity contribution in [3.8, 4) is 0 Å². The lowest BCUT2D eigenvalue weighted by atomic mass is 10.1. The van der Waals surface area contributed by atoms with Gasteiger partial charge in [0.25, 0.3) is 0 Å². The molecule has 1 aliphatic heterocycles. The van der Waals surface area contributed by atoms with Gasteiger partial charge in [-0.05, 0) is 12.8 Å². The third kappa shape index (κ3) is 5.13. The van der Waals surface area contributed by atoms with Crippen LogP contribution in [0.25, 0.3) is 0 Å². The second-order valence-electron chi connectivity index (χ2n) is 4.19. The Bertz CT molecular complexity index is 323. The van der Waals surface area contributed by atoms with Crippen LogP contribution in [0.1, 0.15) is 19.8 Å². The number of carboxylic acids is 1. The fourth-order valence-corrected chi connectivity index (χ4v) is 1.77. The van der Waals surface area contributed by atoms with Crippen LogP contribution in [-0.2, 0) is 19.1 Å². The Labute approximate surface area is 105 Å². The Morgan fingerprint density at radius 3 is 2.44 bits per heavy atom. The molecule has 0 aromatic heterocycles. The van der Waals surface area contributed by atoms with Crippen molar-refractivity contribution in [3.05, 3.63) is 0 Å². The van der Waals surface area contributed by atoms with Crippen LogP contribution in [-0.4, -0.2) is 60.1 Å². The number of ether oxygens (including phenoxy) is 1. The van der Waals surface area contributed by atoms with Gasteiger partial charge in [0, 0.05) is 20.0 Å². The predicted molar refractivity (Wildman–Crippen MR) is 61.9 cm³/mol. The summed E-state index contributed by atoms with van der Waals surface area (Å²) in [6.45, 7) is 2.13. The minimum atomic E-state index is -0.987. The van der Waals surface area contributed by atoms with Gasteiger partial charge in [-0.1, -0.05) is 0 Å². The van der Waals surface area contributed by atoms with Crippen LogP contribution < -0.4 is 5.32 Å². The van der Waals surface area contributed by atoms with Gasteiger partial charge in [0.15, 0.2) is 0 Å². The van der Waals surface area contributed by atoms with E-state index in [1.54, 1.807) is 4.90 Å². The molecule has 0 bridgehead atoms. The van der Waals surface area contributed by atoms with Crippen LogP contribution in [0.2, 0.25) is 0 Å². The lowest BCUT2D eigenvalue weighted by Crippen LogP contribution is -2.45. The molecule has 1 saturated heterocycles. The number of carbonyl (C=O) groups is 3. The molecule has 7 heteroatoms. The first-order valence-electron chi connectivity index (χ1n) is 5.84. The summed E-state index contributed by atoms with van der Waals surface area (Å²) in [6, 6.07) is 0. The summed E-state index contributed by atoms with van der Waals surface area (Å²) in [5, 5.41) is 10.9. The molecule has 1 fully saturated rings. The predicted octanol–water partition coefficient (Wildman–Crippen LogP) is -0.785. The average molecular weight is 258 g/mol. The van der Waals surface area contributed by atoms with Gasteiger partial charge < -0.3 is 20.1 Å². The fraction of sp³-hybridized carbons (Fsp3) is 0.727. The Morgan fingerprint density at radius 1 is 1.33 bits per heavy atom. The van der Waals surface area contributed by atoms with E-state index in [2.05, 4.69) is 5.32 Å². The zero-order valence-electron chi connectivity index (χ0n) is 10.3. The van der Waals surface area contributed by atoms with Crippen molar-refractivity contribution < 1.29 is 24.2 Å². The molecule has 0 aliphatic carbocycles. The third-order valence-electron chi connectivity index (χ3n) is 2.73. The normalized spacial score (nSPS) is 16.4. The second kappa shape index (κ2) is 6.95. The van der Waals surface area contributed by atoms with Crippen molar-refractivity contribution in [3.63, 3.8) is 0 Å². The largest absolute Gasteiger partial charge is 0.480 e. The maximum absolute atomic E-state index is 11.7. The van der Waals surface area contributed by atoms with Gasteiger partial charge in [0.1, 0.15) is 6.61 Å². The molecular weight excluding hydrogens is 240 g/mol. The van der Waals surface area contributed by atoms with Crippen molar-refractivity contribution in [1.82, 2.24) is 10.2 Å². The number of nitrogens with zero attached hydrogens (tertiary/aromatic N) is 1. The van der Waals surface area contributed by atoms with Crippen LogP contribution in [0.5, 0.6) is 0 Å². The highest BCUT2D eigenvalue weighted by molar-refractivity contribution is 5.83. The van der Waals surface area contributed by atoms with Crippen molar-refractivity contribution in [2.75, 3.05) is 26.2 Å². The smallest absolute Gasteiger partial charge is 0.329 e. The maximum Gasteiger partial charge on any atom is 0.329 e. The van der Waals surface area contributed by atoms with Crippen molar-refractivity contribution in [2.24, 2.45) is 0 Å². The summed E-state index contributed by atoms with van der Waals surface area (Å²) in [5.74, 6) is -1.34. The molecule has 0 atom stereocenters. The number of nitrogens with one attached hydrogen (secondary N) is 1. The SMILES string of the molecule is CC(=O)NCC(=O)N1CCC(OCC(=O)O)CC1. The minimum absolute atomic E-state index is 0.00990. The van der Waals surface area contributed by atoms with E-state index in [0.717, 1.165) is 0 Å². The monoisotopic (exact) mass is 258 g/mol. The van der Waals surface area contributed by atoms with Crippen LogP contribution in [0.3, 0.4) is 0 Å². The lowest BCUT2D eigenvalue weighted by molar-refractivity contribution is -0.146. The first-order chi connectivity index (χ1) is 8.49. The number of aliphatic carboxylic acids is 1. The Balaban J connectivity index is 2.24. The number of piperidine rings is 1. The summed E-state index contributed by atoms with van der Waals surface area (Å²) in [5.41, 5.74) is 0. The Kier molecular flexibility index (Phi) is 5.57. The minimum Gasteiger partial charge on any atom is -0.480 e. The summed E-state index contributed by atoms with van der Waals surface area (Å²) >= 11 is 0. The average Bonchev–Trinajstić information content (AvgIpc) is 2.34. The van der Waals surface area contributed by atoms with E-state index in [-0.39, 0.29) is 31.1 Å². The van der Waals surface area contributed by atoms with Crippen molar-refractivity contribution in [2.45, 2.75) is 25.9 Å². The second-order valence-corrected chi connectivity index (χ2v) is 4.19. The van der Waals surface area contributed by atoms with E-state index in [9.17, 15) is 14.4 Å². The van der Waals surface area contributed by atoms with Gasteiger partial charge in [-0.2, -0.15) is 0 Å². The zero-order valence-corrected chi connectivity index (χ0v) is 10.3. The van der Waals surface area contributed by atoms with E-state index in [4.69, 9.17) is 9.84 Å². The molecule has 0 radical (unpaired) electrons. The van der Waals surface area contributed by atoms with Crippen molar-refractivity contribution in [1.29, 1.82) is 0 Å². The van der Waals surface area contributed by atoms with Crippen LogP contribution in [0, 0.1) is 0 Å². The molecule has 18 heavy (non-hydrogen) atoms. The van der Waals surface area contributed by atoms with E-state index < -0.39 is 5.97 Å². The molecule has 2 amide bonds. The van der Waals surface area contributed by atoms with Gasteiger partial charge >= 0.3 is 5.97 Å². The number of rotatable bonds is 5. The number of likely N-dealkylation sites (tertiary alicyclic amines) is 1. The standard InChI is InChI=1S/C11H18N2O5/c1-8(14)12-6-10(15)13-4-2-9(3-5-13)18-7-11(16)17/h9H,2-7H2,1H3,(H,12,14)(H,16,17). The van der Waals surface area contributed by atoms with Gasteiger partial charge in [-0.15, -0.1) is 0 Å². The summed E-state index contributed by atoms with van der Waals surface area (Å²) in [7, 11) is 0. The van der Waals surface area contributed by atoms with E-state index >= 15 is 0 Å². The van der Waals surface area contributed by atoms with Crippen molar-refractivity contribution >= 4 is 17.8 Å². The number of carboxylic acid groups (broad SMARTS) is 1. The molecule has 1 heterocycles. The number of hydrogen-bond acceptors (Lipinski definition) is 4. The lowest BCUT2D eigenvalue weighted by Gasteiger charge is -2.31. The van der Waals surface area contributed by atoms with E-state index in [1.807, 2.05) is 0 Å².